The van der Waals surface area contributed by atoms with Gasteiger partial charge in [-0.2, -0.15) is 0 Å². The van der Waals surface area contributed by atoms with Crippen LogP contribution in [0, 0.1) is 0 Å². The van der Waals surface area contributed by atoms with Crippen LogP contribution < -0.4 is 0 Å². The molecule has 1 aromatic carbocycles. The summed E-state index contributed by atoms with van der Waals surface area (Å²) in [6.07, 6.45) is 0.405. The van der Waals surface area contributed by atoms with Gasteiger partial charge in [0.05, 0.1) is 6.61 Å². The Labute approximate surface area is 92.9 Å². The Morgan fingerprint density at radius 3 is 3.00 bits per heavy atom. The number of para-hydroxylation sites is 1. The van der Waals surface area contributed by atoms with E-state index in [2.05, 4.69) is 4.98 Å². The first-order valence-corrected chi connectivity index (χ1v) is 5.14. The van der Waals surface area contributed by atoms with Gasteiger partial charge in [-0.05, 0) is 13.0 Å². The molecule has 0 spiro atoms. The zero-order valence-electron chi connectivity index (χ0n) is 8.93. The molecule has 16 heavy (non-hydrogen) atoms. The molecular formula is C12H13NO3. The van der Waals surface area contributed by atoms with Crippen molar-refractivity contribution in [2.45, 2.75) is 13.0 Å². The largest absolute Gasteiger partial charge is 0.464 e. The number of aliphatic hydroxyl groups is 1. The number of hydrogen-bond donors (Lipinski definition) is 2. The Balaban J connectivity index is 2.36. The summed E-state index contributed by atoms with van der Waals surface area (Å²) in [6.45, 7) is 1.97. The fourth-order valence-electron chi connectivity index (χ4n) is 1.67. The molecule has 2 N–H and O–H groups in total. The highest BCUT2D eigenvalue weighted by Crippen LogP contribution is 2.24. The molecule has 0 unspecified atom stereocenters. The number of ether oxygens (including phenoxy) is 1. The van der Waals surface area contributed by atoms with Crippen LogP contribution in [0.3, 0.4) is 0 Å². The third-order valence-electron chi connectivity index (χ3n) is 2.43. The monoisotopic (exact) mass is 219 g/mol. The maximum absolute atomic E-state index is 11.4. The van der Waals surface area contributed by atoms with E-state index >= 15 is 0 Å². The van der Waals surface area contributed by atoms with Gasteiger partial charge in [0.15, 0.2) is 6.10 Å². The van der Waals surface area contributed by atoms with E-state index in [0.717, 1.165) is 10.9 Å². The van der Waals surface area contributed by atoms with E-state index < -0.39 is 12.1 Å². The number of nitrogens with one attached hydrogen (secondary N) is 1. The second kappa shape index (κ2) is 4.37. The van der Waals surface area contributed by atoms with Crippen LogP contribution >= 0.6 is 0 Å². The fourth-order valence-corrected chi connectivity index (χ4v) is 1.67. The van der Waals surface area contributed by atoms with E-state index in [-0.39, 0.29) is 6.61 Å². The minimum Gasteiger partial charge on any atom is -0.464 e. The number of esters is 1. The van der Waals surface area contributed by atoms with Crippen LogP contribution in [0.2, 0.25) is 0 Å². The maximum Gasteiger partial charge on any atom is 0.339 e. The Bertz CT molecular complexity index is 504. The number of carbonyl (C=O) groups is 1. The second-order valence-corrected chi connectivity index (χ2v) is 3.44. The van der Waals surface area contributed by atoms with Crippen molar-refractivity contribution in [2.75, 3.05) is 6.61 Å². The Morgan fingerprint density at radius 1 is 1.50 bits per heavy atom. The van der Waals surface area contributed by atoms with Gasteiger partial charge in [0.1, 0.15) is 0 Å². The van der Waals surface area contributed by atoms with Gasteiger partial charge < -0.3 is 14.8 Å². The molecule has 84 valence electrons. The van der Waals surface area contributed by atoms with Crippen LogP contribution in [0.25, 0.3) is 10.9 Å². The number of aromatic nitrogens is 1. The van der Waals surface area contributed by atoms with Gasteiger partial charge in [0.2, 0.25) is 0 Å². The Kier molecular flexibility index (Phi) is 2.92. The number of hydrogen-bond acceptors (Lipinski definition) is 3. The predicted molar refractivity (Wildman–Crippen MR) is 59.9 cm³/mol. The second-order valence-electron chi connectivity index (χ2n) is 3.44. The number of fused-ring (bicyclic) bond motifs is 1. The summed E-state index contributed by atoms with van der Waals surface area (Å²) in [5, 5.41) is 10.6. The summed E-state index contributed by atoms with van der Waals surface area (Å²) in [7, 11) is 0. The smallest absolute Gasteiger partial charge is 0.339 e. The van der Waals surface area contributed by atoms with Crippen molar-refractivity contribution in [3.63, 3.8) is 0 Å². The minimum atomic E-state index is -1.23. The summed E-state index contributed by atoms with van der Waals surface area (Å²) in [4.78, 5) is 14.4. The van der Waals surface area contributed by atoms with Crippen molar-refractivity contribution >= 4 is 16.9 Å². The molecule has 0 radical (unpaired) electrons. The molecule has 0 saturated carbocycles. The van der Waals surface area contributed by atoms with Gasteiger partial charge in [-0.25, -0.2) is 4.79 Å². The van der Waals surface area contributed by atoms with Gasteiger partial charge in [0.25, 0.3) is 0 Å². The van der Waals surface area contributed by atoms with Gasteiger partial charge in [-0.3, -0.25) is 0 Å². The van der Waals surface area contributed by atoms with Crippen molar-refractivity contribution < 1.29 is 14.6 Å². The van der Waals surface area contributed by atoms with Crippen LogP contribution in [0.5, 0.6) is 0 Å². The van der Waals surface area contributed by atoms with Gasteiger partial charge in [-0.1, -0.05) is 18.2 Å². The normalized spacial score (nSPS) is 12.6. The third kappa shape index (κ3) is 1.79. The van der Waals surface area contributed by atoms with Crippen LogP contribution in [-0.4, -0.2) is 22.7 Å². The molecule has 1 heterocycles. The van der Waals surface area contributed by atoms with E-state index in [9.17, 15) is 9.90 Å². The zero-order valence-corrected chi connectivity index (χ0v) is 8.93. The standard InChI is InChI=1S/C12H13NO3/c1-2-16-12(15)11(14)9-7-13-10-6-4-3-5-8(9)10/h3-7,11,13-14H,2H2,1H3/t11-/m1/s1. The van der Waals surface area contributed by atoms with Crippen LogP contribution in [-0.2, 0) is 9.53 Å². The molecular weight excluding hydrogens is 206 g/mol. The summed E-state index contributed by atoms with van der Waals surface area (Å²) >= 11 is 0. The van der Waals surface area contributed by atoms with E-state index in [1.807, 2.05) is 24.3 Å². The molecule has 0 aliphatic heterocycles. The van der Waals surface area contributed by atoms with Gasteiger partial charge in [-0.15, -0.1) is 0 Å². The quantitative estimate of drug-likeness (QED) is 0.773. The molecule has 0 saturated heterocycles. The lowest BCUT2D eigenvalue weighted by Gasteiger charge is -2.08. The minimum absolute atomic E-state index is 0.262. The summed E-state index contributed by atoms with van der Waals surface area (Å²) in [5.41, 5.74) is 1.44. The Morgan fingerprint density at radius 2 is 2.25 bits per heavy atom. The van der Waals surface area contributed by atoms with Crippen LogP contribution in [0.15, 0.2) is 30.5 Å². The van der Waals surface area contributed by atoms with Crippen LogP contribution in [0.4, 0.5) is 0 Å². The zero-order chi connectivity index (χ0) is 11.5. The van der Waals surface area contributed by atoms with Crippen molar-refractivity contribution in [2.24, 2.45) is 0 Å². The highest BCUT2D eigenvalue weighted by molar-refractivity contribution is 5.88. The first-order valence-electron chi connectivity index (χ1n) is 5.14. The maximum atomic E-state index is 11.4. The average Bonchev–Trinajstić information content (AvgIpc) is 2.72. The molecule has 0 bridgehead atoms. The van der Waals surface area contributed by atoms with E-state index in [0.29, 0.717) is 5.56 Å². The predicted octanol–water partition coefficient (Wildman–Crippen LogP) is 1.76. The molecule has 1 atom stereocenters. The number of aliphatic hydroxyl groups excluding tert-OH is 1. The summed E-state index contributed by atoms with van der Waals surface area (Å²) in [5.74, 6) is -0.618. The molecule has 0 aliphatic rings. The Hall–Kier alpha value is -1.81. The third-order valence-corrected chi connectivity index (χ3v) is 2.43. The molecule has 2 aromatic rings. The highest BCUT2D eigenvalue weighted by atomic mass is 16.5. The number of benzene rings is 1. The molecule has 0 aliphatic carbocycles. The van der Waals surface area contributed by atoms with Crippen molar-refractivity contribution in [1.82, 2.24) is 4.98 Å². The van der Waals surface area contributed by atoms with Crippen molar-refractivity contribution in [3.05, 3.63) is 36.0 Å². The average molecular weight is 219 g/mol. The number of carbonyl (C=O) groups excluding carboxylic acids is 1. The van der Waals surface area contributed by atoms with Crippen molar-refractivity contribution in [1.29, 1.82) is 0 Å². The fraction of sp³-hybridized carbons (Fsp3) is 0.250. The van der Waals surface area contributed by atoms with Crippen LogP contribution in [0.1, 0.15) is 18.6 Å². The molecule has 1 aromatic heterocycles. The topological polar surface area (TPSA) is 62.3 Å². The first kappa shape index (κ1) is 10.7. The molecule has 0 fully saturated rings. The molecule has 4 nitrogen and oxygen atoms in total. The van der Waals surface area contributed by atoms with Gasteiger partial charge >= 0.3 is 5.97 Å². The number of rotatable bonds is 3. The van der Waals surface area contributed by atoms with E-state index in [4.69, 9.17) is 4.74 Å². The first-order chi connectivity index (χ1) is 7.74. The summed E-state index contributed by atoms with van der Waals surface area (Å²) in [6, 6.07) is 7.48. The highest BCUT2D eigenvalue weighted by Gasteiger charge is 2.21. The molecule has 4 heteroatoms. The summed E-state index contributed by atoms with van der Waals surface area (Å²) < 4.78 is 4.77. The number of aromatic amines is 1. The molecule has 0 amide bonds. The lowest BCUT2D eigenvalue weighted by molar-refractivity contribution is -0.153. The van der Waals surface area contributed by atoms with Crippen molar-refractivity contribution in [3.8, 4) is 0 Å². The lowest BCUT2D eigenvalue weighted by Crippen LogP contribution is -2.14. The van der Waals surface area contributed by atoms with E-state index in [1.54, 1.807) is 13.1 Å². The SMILES string of the molecule is CCOC(=O)[C@H](O)c1c[nH]c2ccccc12. The van der Waals surface area contributed by atoms with E-state index in [1.165, 1.54) is 0 Å². The lowest BCUT2D eigenvalue weighted by atomic mass is 10.1. The van der Waals surface area contributed by atoms with Gasteiger partial charge in [0, 0.05) is 22.7 Å². The molecule has 2 rings (SSSR count). The number of H-pyrrole nitrogens is 1.